The molecule has 0 spiro atoms. The highest BCUT2D eigenvalue weighted by molar-refractivity contribution is 7.80. The Morgan fingerprint density at radius 1 is 1.15 bits per heavy atom. The average Bonchev–Trinajstić information content (AvgIpc) is 2.67. The normalized spacial score (nSPS) is 18.0. The zero-order valence-electron chi connectivity index (χ0n) is 14.5. The Morgan fingerprint density at radius 3 is 2.42 bits per heavy atom. The topological polar surface area (TPSA) is 50.4 Å². The van der Waals surface area contributed by atoms with Crippen molar-refractivity contribution in [1.29, 1.82) is 0 Å². The van der Waals surface area contributed by atoms with Gasteiger partial charge in [0.1, 0.15) is 5.82 Å². The summed E-state index contributed by atoms with van der Waals surface area (Å²) in [5, 5.41) is 6.62. The van der Waals surface area contributed by atoms with Gasteiger partial charge in [-0.2, -0.15) is 0 Å². The maximum Gasteiger partial charge on any atom is 0.338 e. The smallest absolute Gasteiger partial charge is 0.338 e. The fraction of sp³-hybridized carbons (Fsp3) is 0.200. The number of hydrogen-bond donors (Lipinski definition) is 2. The zero-order valence-corrected chi connectivity index (χ0v) is 15.3. The van der Waals surface area contributed by atoms with Crippen LogP contribution < -0.4 is 10.6 Å². The van der Waals surface area contributed by atoms with Crippen LogP contribution in [0.25, 0.3) is 5.70 Å². The first-order chi connectivity index (χ1) is 12.5. The first-order valence-corrected chi connectivity index (χ1v) is 8.63. The fourth-order valence-electron chi connectivity index (χ4n) is 3.09. The molecule has 2 atom stereocenters. The van der Waals surface area contributed by atoms with Crippen LogP contribution in [0.4, 0.5) is 4.39 Å². The molecule has 0 fully saturated rings. The van der Waals surface area contributed by atoms with Crippen molar-refractivity contribution >= 4 is 29.0 Å². The number of esters is 1. The van der Waals surface area contributed by atoms with Gasteiger partial charge in [0, 0.05) is 5.92 Å². The molecular weight excluding hydrogens is 351 g/mol. The van der Waals surface area contributed by atoms with Crippen LogP contribution in [0, 0.1) is 5.82 Å². The number of nitrogens with one attached hydrogen (secondary N) is 2. The molecule has 1 aliphatic rings. The van der Waals surface area contributed by atoms with Crippen molar-refractivity contribution in [2.45, 2.75) is 18.9 Å². The fourth-order valence-corrected chi connectivity index (χ4v) is 3.32. The van der Waals surface area contributed by atoms with Gasteiger partial charge in [-0.15, -0.1) is 0 Å². The molecule has 6 heteroatoms. The first kappa shape index (κ1) is 18.1. The van der Waals surface area contributed by atoms with Crippen LogP contribution >= 0.6 is 12.2 Å². The van der Waals surface area contributed by atoms with E-state index in [1.807, 2.05) is 37.3 Å². The first-order valence-electron chi connectivity index (χ1n) is 8.22. The molecule has 0 bridgehead atoms. The molecule has 2 aromatic rings. The van der Waals surface area contributed by atoms with Crippen molar-refractivity contribution in [3.63, 3.8) is 0 Å². The maximum atomic E-state index is 13.3. The monoisotopic (exact) mass is 370 g/mol. The van der Waals surface area contributed by atoms with E-state index in [2.05, 4.69) is 10.6 Å². The summed E-state index contributed by atoms with van der Waals surface area (Å²) in [6.07, 6.45) is 0. The summed E-state index contributed by atoms with van der Waals surface area (Å²) in [6.45, 7) is 2.02. The van der Waals surface area contributed by atoms with Gasteiger partial charge in [0.2, 0.25) is 0 Å². The Kier molecular flexibility index (Phi) is 5.32. The lowest BCUT2D eigenvalue weighted by atomic mass is 9.85. The van der Waals surface area contributed by atoms with Crippen molar-refractivity contribution in [1.82, 2.24) is 10.6 Å². The number of rotatable bonds is 4. The molecule has 2 N–H and O–H groups in total. The molecule has 0 saturated carbocycles. The van der Waals surface area contributed by atoms with Gasteiger partial charge < -0.3 is 15.4 Å². The Bertz CT molecular complexity index is 850. The number of methoxy groups -OCH3 is 1. The van der Waals surface area contributed by atoms with Crippen molar-refractivity contribution in [2.75, 3.05) is 7.11 Å². The van der Waals surface area contributed by atoms with Crippen LogP contribution in [0.15, 0.2) is 60.2 Å². The second-order valence-electron chi connectivity index (χ2n) is 6.06. The SMILES string of the molecule is COC(=O)C1=C(c2ccc(F)cc2)NC(=S)NC1C(C)c1ccccc1. The van der Waals surface area contributed by atoms with Gasteiger partial charge in [-0.1, -0.05) is 37.3 Å². The van der Waals surface area contributed by atoms with E-state index in [0.717, 1.165) is 5.56 Å². The molecule has 134 valence electrons. The average molecular weight is 370 g/mol. The molecule has 1 heterocycles. The summed E-state index contributed by atoms with van der Waals surface area (Å²) in [5.41, 5.74) is 2.70. The van der Waals surface area contributed by atoms with Crippen molar-refractivity contribution in [3.8, 4) is 0 Å². The molecular formula is C20H19FN2O2S. The van der Waals surface area contributed by atoms with Crippen molar-refractivity contribution < 1.29 is 13.9 Å². The summed E-state index contributed by atoms with van der Waals surface area (Å²) >= 11 is 5.35. The van der Waals surface area contributed by atoms with Gasteiger partial charge in [-0.3, -0.25) is 0 Å². The minimum Gasteiger partial charge on any atom is -0.466 e. The Balaban J connectivity index is 2.12. The predicted molar refractivity (Wildman–Crippen MR) is 103 cm³/mol. The summed E-state index contributed by atoms with van der Waals surface area (Å²) in [4.78, 5) is 12.6. The highest BCUT2D eigenvalue weighted by Gasteiger charge is 2.35. The van der Waals surface area contributed by atoms with E-state index in [1.54, 1.807) is 12.1 Å². The van der Waals surface area contributed by atoms with Gasteiger partial charge in [-0.25, -0.2) is 9.18 Å². The Labute approximate surface area is 157 Å². The third-order valence-corrected chi connectivity index (χ3v) is 4.69. The zero-order chi connectivity index (χ0) is 18.7. The molecule has 1 aliphatic heterocycles. The second-order valence-corrected chi connectivity index (χ2v) is 6.47. The summed E-state index contributed by atoms with van der Waals surface area (Å²) < 4.78 is 18.3. The van der Waals surface area contributed by atoms with Gasteiger partial charge in [0.25, 0.3) is 0 Å². The number of halogens is 1. The number of ether oxygens (including phenoxy) is 1. The van der Waals surface area contributed by atoms with Crippen LogP contribution in [-0.4, -0.2) is 24.2 Å². The molecule has 0 radical (unpaired) electrons. The van der Waals surface area contributed by atoms with E-state index in [-0.39, 0.29) is 17.8 Å². The maximum absolute atomic E-state index is 13.3. The van der Waals surface area contributed by atoms with E-state index in [1.165, 1.54) is 19.2 Å². The number of hydrogen-bond acceptors (Lipinski definition) is 3. The van der Waals surface area contributed by atoms with Gasteiger partial charge in [0.15, 0.2) is 5.11 Å². The minimum absolute atomic E-state index is 0.0409. The van der Waals surface area contributed by atoms with E-state index < -0.39 is 5.97 Å². The molecule has 0 amide bonds. The van der Waals surface area contributed by atoms with Gasteiger partial charge in [-0.05, 0) is 47.6 Å². The highest BCUT2D eigenvalue weighted by atomic mass is 32.1. The van der Waals surface area contributed by atoms with Crippen molar-refractivity contribution in [2.24, 2.45) is 0 Å². The number of carbonyl (C=O) groups excluding carboxylic acids is 1. The van der Waals surface area contributed by atoms with Gasteiger partial charge >= 0.3 is 5.97 Å². The van der Waals surface area contributed by atoms with Crippen LogP contribution in [0.2, 0.25) is 0 Å². The predicted octanol–water partition coefficient (Wildman–Crippen LogP) is 3.36. The number of carbonyl (C=O) groups is 1. The lowest BCUT2D eigenvalue weighted by Gasteiger charge is -2.34. The Morgan fingerprint density at radius 2 is 1.81 bits per heavy atom. The number of thiocarbonyl (C=S) groups is 1. The largest absolute Gasteiger partial charge is 0.466 e. The molecule has 26 heavy (non-hydrogen) atoms. The van der Waals surface area contributed by atoms with Crippen LogP contribution in [0.5, 0.6) is 0 Å². The molecule has 4 nitrogen and oxygen atoms in total. The minimum atomic E-state index is -0.459. The van der Waals surface area contributed by atoms with Gasteiger partial charge in [0.05, 0.1) is 24.4 Å². The lowest BCUT2D eigenvalue weighted by Crippen LogP contribution is -2.51. The third kappa shape index (κ3) is 3.60. The molecule has 3 rings (SSSR count). The third-order valence-electron chi connectivity index (χ3n) is 4.47. The van der Waals surface area contributed by atoms with Crippen LogP contribution in [0.3, 0.4) is 0 Å². The van der Waals surface area contributed by atoms with E-state index in [0.29, 0.717) is 21.9 Å². The summed E-state index contributed by atoms with van der Waals surface area (Å²) in [5.74, 6) is -0.847. The molecule has 0 aromatic heterocycles. The van der Waals surface area contributed by atoms with Crippen LogP contribution in [-0.2, 0) is 9.53 Å². The molecule has 2 unspecified atom stereocenters. The lowest BCUT2D eigenvalue weighted by molar-refractivity contribution is -0.136. The number of benzene rings is 2. The summed E-state index contributed by atoms with van der Waals surface area (Å²) in [7, 11) is 1.34. The Hall–Kier alpha value is -2.73. The summed E-state index contributed by atoms with van der Waals surface area (Å²) in [6, 6.07) is 15.4. The quantitative estimate of drug-likeness (QED) is 0.638. The highest BCUT2D eigenvalue weighted by Crippen LogP contribution is 2.31. The second kappa shape index (κ2) is 7.66. The van der Waals surface area contributed by atoms with E-state index in [4.69, 9.17) is 17.0 Å². The van der Waals surface area contributed by atoms with E-state index >= 15 is 0 Å². The van der Waals surface area contributed by atoms with Crippen LogP contribution in [0.1, 0.15) is 24.0 Å². The van der Waals surface area contributed by atoms with E-state index in [9.17, 15) is 9.18 Å². The molecule has 0 aliphatic carbocycles. The standard InChI is InChI=1S/C20H19FN2O2S/c1-12(13-6-4-3-5-7-13)17-16(19(24)25-2)18(23-20(26)22-17)14-8-10-15(21)11-9-14/h3-12,17H,1-2H3,(H2,22,23,26). The van der Waals surface area contributed by atoms with Crippen molar-refractivity contribution in [3.05, 3.63) is 77.1 Å². The molecule has 0 saturated heterocycles. The molecule has 2 aromatic carbocycles.